The Morgan fingerprint density at radius 3 is 2.45 bits per heavy atom. The second-order valence-electron chi connectivity index (χ2n) is 6.47. The molecule has 0 saturated heterocycles. The average Bonchev–Trinajstić information content (AvgIpc) is 2.36. The normalized spacial score (nSPS) is 14.3. The summed E-state index contributed by atoms with van der Waals surface area (Å²) in [6, 6.07) is 8.34. The highest BCUT2D eigenvalue weighted by Crippen LogP contribution is 2.18. The van der Waals surface area contributed by atoms with Crippen LogP contribution < -0.4 is 5.73 Å². The van der Waals surface area contributed by atoms with Gasteiger partial charge in [0.15, 0.2) is 5.78 Å². The van der Waals surface area contributed by atoms with E-state index in [1.165, 1.54) is 5.56 Å². The molecule has 1 rings (SSSR count). The first-order valence-electron chi connectivity index (χ1n) is 7.79. The van der Waals surface area contributed by atoms with Crippen LogP contribution in [0.25, 0.3) is 0 Å². The first-order valence-corrected chi connectivity index (χ1v) is 7.79. The molecule has 0 aliphatic rings. The fourth-order valence-corrected chi connectivity index (χ4v) is 2.48. The molecule has 2 unspecified atom stereocenters. The molecule has 2 atom stereocenters. The van der Waals surface area contributed by atoms with Crippen molar-refractivity contribution < 1.29 is 4.79 Å². The highest BCUT2D eigenvalue weighted by Gasteiger charge is 2.15. The molecule has 0 bridgehead atoms. The molecule has 2 heteroatoms. The van der Waals surface area contributed by atoms with Crippen LogP contribution in [0, 0.1) is 11.8 Å². The zero-order chi connectivity index (χ0) is 15.1. The third-order valence-corrected chi connectivity index (χ3v) is 3.60. The average molecular weight is 275 g/mol. The number of Topliss-reactive ketones (excluding diaryl/α,β-unsaturated/α-hetero) is 1. The summed E-state index contributed by atoms with van der Waals surface area (Å²) in [7, 11) is 0. The summed E-state index contributed by atoms with van der Waals surface area (Å²) in [4.78, 5) is 12.4. The number of carbonyl (C=O) groups is 1. The molecule has 0 fully saturated rings. The van der Waals surface area contributed by atoms with Crippen molar-refractivity contribution in [3.05, 3.63) is 35.4 Å². The summed E-state index contributed by atoms with van der Waals surface area (Å²) in [6.07, 6.45) is 3.97. The topological polar surface area (TPSA) is 43.1 Å². The Bertz CT molecular complexity index is 423. The van der Waals surface area contributed by atoms with Crippen LogP contribution >= 0.6 is 0 Å². The predicted molar refractivity (Wildman–Crippen MR) is 86.0 cm³/mol. The van der Waals surface area contributed by atoms with E-state index in [2.05, 4.69) is 26.0 Å². The van der Waals surface area contributed by atoms with Gasteiger partial charge in [0.25, 0.3) is 0 Å². The van der Waals surface area contributed by atoms with Gasteiger partial charge in [0, 0.05) is 17.5 Å². The van der Waals surface area contributed by atoms with E-state index in [-0.39, 0.29) is 17.7 Å². The molecule has 1 aromatic rings. The van der Waals surface area contributed by atoms with Gasteiger partial charge in [0.1, 0.15) is 0 Å². The van der Waals surface area contributed by atoms with Gasteiger partial charge in [-0.15, -0.1) is 0 Å². The van der Waals surface area contributed by atoms with Gasteiger partial charge in [0.05, 0.1) is 0 Å². The second-order valence-corrected chi connectivity index (χ2v) is 6.47. The molecule has 20 heavy (non-hydrogen) atoms. The first-order chi connectivity index (χ1) is 9.40. The standard InChI is InChI=1S/C18H29NO/c1-13(2)11-16-9-6-10-17(12-16)18(20)14(3)7-5-8-15(4)19/h6,9-10,12-15H,5,7-8,11,19H2,1-4H3. The number of hydrogen-bond donors (Lipinski definition) is 1. The van der Waals surface area contributed by atoms with E-state index in [1.54, 1.807) is 0 Å². The largest absolute Gasteiger partial charge is 0.328 e. The van der Waals surface area contributed by atoms with Crippen molar-refractivity contribution in [3.63, 3.8) is 0 Å². The fraction of sp³-hybridized carbons (Fsp3) is 0.611. The lowest BCUT2D eigenvalue weighted by molar-refractivity contribution is 0.0922. The predicted octanol–water partition coefficient (Wildman–Crippen LogP) is 4.22. The van der Waals surface area contributed by atoms with Gasteiger partial charge in [-0.25, -0.2) is 0 Å². The Morgan fingerprint density at radius 2 is 1.85 bits per heavy atom. The minimum atomic E-state index is 0.0862. The maximum absolute atomic E-state index is 12.4. The lowest BCUT2D eigenvalue weighted by atomic mass is 9.92. The number of ketones is 1. The van der Waals surface area contributed by atoms with Crippen LogP contribution in [0.5, 0.6) is 0 Å². The molecule has 0 saturated carbocycles. The SMILES string of the molecule is CC(C)Cc1cccc(C(=O)C(C)CCCC(C)N)c1. The number of rotatable bonds is 8. The lowest BCUT2D eigenvalue weighted by Crippen LogP contribution is -2.16. The summed E-state index contributed by atoms with van der Waals surface area (Å²) in [6.45, 7) is 8.44. The van der Waals surface area contributed by atoms with Gasteiger partial charge in [-0.05, 0) is 43.7 Å². The molecule has 0 radical (unpaired) electrons. The highest BCUT2D eigenvalue weighted by atomic mass is 16.1. The molecule has 2 nitrogen and oxygen atoms in total. The van der Waals surface area contributed by atoms with Crippen molar-refractivity contribution in [1.29, 1.82) is 0 Å². The Hall–Kier alpha value is -1.15. The maximum Gasteiger partial charge on any atom is 0.165 e. The second kappa shape index (κ2) is 8.21. The minimum Gasteiger partial charge on any atom is -0.328 e. The molecule has 2 N–H and O–H groups in total. The van der Waals surface area contributed by atoms with Crippen molar-refractivity contribution >= 4 is 5.78 Å². The van der Waals surface area contributed by atoms with E-state index in [1.807, 2.05) is 26.0 Å². The van der Waals surface area contributed by atoms with Gasteiger partial charge in [0.2, 0.25) is 0 Å². The first kappa shape index (κ1) is 16.9. The van der Waals surface area contributed by atoms with Gasteiger partial charge < -0.3 is 5.73 Å². The van der Waals surface area contributed by atoms with Crippen molar-refractivity contribution in [2.24, 2.45) is 17.6 Å². The molecule has 1 aromatic carbocycles. The van der Waals surface area contributed by atoms with Gasteiger partial charge in [-0.3, -0.25) is 4.79 Å². The number of nitrogens with two attached hydrogens (primary N) is 1. The lowest BCUT2D eigenvalue weighted by Gasteiger charge is -2.13. The zero-order valence-corrected chi connectivity index (χ0v) is 13.4. The fourth-order valence-electron chi connectivity index (χ4n) is 2.48. The van der Waals surface area contributed by atoms with Crippen molar-refractivity contribution in [2.45, 2.75) is 59.4 Å². The molecule has 112 valence electrons. The van der Waals surface area contributed by atoms with Crippen LogP contribution in [-0.2, 0) is 6.42 Å². The Labute approximate surface area is 123 Å². The highest BCUT2D eigenvalue weighted by molar-refractivity contribution is 5.97. The van der Waals surface area contributed by atoms with Crippen LogP contribution in [0.4, 0.5) is 0 Å². The number of benzene rings is 1. The van der Waals surface area contributed by atoms with E-state index in [4.69, 9.17) is 5.73 Å². The van der Waals surface area contributed by atoms with Gasteiger partial charge in [-0.1, -0.05) is 45.4 Å². The maximum atomic E-state index is 12.4. The summed E-state index contributed by atoms with van der Waals surface area (Å²) in [5, 5.41) is 0. The van der Waals surface area contributed by atoms with E-state index >= 15 is 0 Å². The Balaban J connectivity index is 2.61. The minimum absolute atomic E-state index is 0.0862. The molecule has 0 heterocycles. The van der Waals surface area contributed by atoms with Crippen molar-refractivity contribution in [2.75, 3.05) is 0 Å². The van der Waals surface area contributed by atoms with Crippen LogP contribution in [0.1, 0.15) is 62.9 Å². The molecule has 0 aliphatic carbocycles. The van der Waals surface area contributed by atoms with Crippen LogP contribution in [0.2, 0.25) is 0 Å². The van der Waals surface area contributed by atoms with E-state index in [9.17, 15) is 4.79 Å². The number of carbonyl (C=O) groups excluding carboxylic acids is 1. The summed E-state index contributed by atoms with van der Waals surface area (Å²) >= 11 is 0. The molecule has 0 spiro atoms. The quantitative estimate of drug-likeness (QED) is 0.722. The van der Waals surface area contributed by atoms with Gasteiger partial charge >= 0.3 is 0 Å². The van der Waals surface area contributed by atoms with E-state index in [0.29, 0.717) is 5.92 Å². The summed E-state index contributed by atoms with van der Waals surface area (Å²) in [5.74, 6) is 0.965. The van der Waals surface area contributed by atoms with Crippen LogP contribution in [0.15, 0.2) is 24.3 Å². The van der Waals surface area contributed by atoms with Gasteiger partial charge in [-0.2, -0.15) is 0 Å². The molecular formula is C18H29NO. The molecule has 0 amide bonds. The monoisotopic (exact) mass is 275 g/mol. The van der Waals surface area contributed by atoms with Crippen molar-refractivity contribution in [3.8, 4) is 0 Å². The Kier molecular flexibility index (Phi) is 6.94. The van der Waals surface area contributed by atoms with Crippen molar-refractivity contribution in [1.82, 2.24) is 0 Å². The van der Waals surface area contributed by atoms with Crippen LogP contribution in [-0.4, -0.2) is 11.8 Å². The Morgan fingerprint density at radius 1 is 1.15 bits per heavy atom. The molecule has 0 aliphatic heterocycles. The third kappa shape index (κ3) is 5.87. The molecule has 0 aromatic heterocycles. The van der Waals surface area contributed by atoms with E-state index < -0.39 is 0 Å². The summed E-state index contributed by atoms with van der Waals surface area (Å²) < 4.78 is 0. The number of hydrogen-bond acceptors (Lipinski definition) is 2. The van der Waals surface area contributed by atoms with Crippen LogP contribution in [0.3, 0.4) is 0 Å². The summed E-state index contributed by atoms with van der Waals surface area (Å²) in [5.41, 5.74) is 7.86. The van der Waals surface area contributed by atoms with E-state index in [0.717, 1.165) is 31.2 Å². The zero-order valence-electron chi connectivity index (χ0n) is 13.4. The molecular weight excluding hydrogens is 246 g/mol. The smallest absolute Gasteiger partial charge is 0.165 e. The third-order valence-electron chi connectivity index (χ3n) is 3.60.